The number of rotatable bonds is 4. The summed E-state index contributed by atoms with van der Waals surface area (Å²) in [4.78, 5) is 14.1. The second kappa shape index (κ2) is 4.59. The minimum absolute atomic E-state index is 0.319. The lowest BCUT2D eigenvalue weighted by Gasteiger charge is -2.11. The summed E-state index contributed by atoms with van der Waals surface area (Å²) in [5.74, 6) is 1.11. The third kappa shape index (κ3) is 2.45. The van der Waals surface area contributed by atoms with Gasteiger partial charge in [-0.3, -0.25) is 0 Å². The molecule has 1 N–H and O–H groups in total. The van der Waals surface area contributed by atoms with Gasteiger partial charge in [-0.05, 0) is 6.92 Å². The van der Waals surface area contributed by atoms with Crippen LogP contribution in [0.3, 0.4) is 0 Å². The molecule has 0 aliphatic rings. The van der Waals surface area contributed by atoms with E-state index in [2.05, 4.69) is 20.3 Å². The molecule has 0 spiro atoms. The first-order chi connectivity index (χ1) is 6.67. The van der Waals surface area contributed by atoms with Gasteiger partial charge >= 0.3 is 6.01 Å². The Hall–Kier alpha value is -1.59. The number of methoxy groups -OCH3 is 1. The minimum atomic E-state index is 0.319. The topological polar surface area (TPSA) is 63.2 Å². The van der Waals surface area contributed by atoms with E-state index < -0.39 is 0 Å². The van der Waals surface area contributed by atoms with E-state index in [4.69, 9.17) is 4.74 Å². The Morgan fingerprint density at radius 2 is 2.00 bits per heavy atom. The van der Waals surface area contributed by atoms with Crippen LogP contribution in [0, 0.1) is 0 Å². The number of hydrogen-bond acceptors (Lipinski definition) is 6. The van der Waals surface area contributed by atoms with Crippen LogP contribution in [0.5, 0.6) is 6.01 Å². The number of aromatic nitrogens is 3. The molecule has 0 saturated carbocycles. The molecule has 0 saturated heterocycles. The Morgan fingerprint density at radius 3 is 2.50 bits per heavy atom. The quantitative estimate of drug-likeness (QED) is 0.752. The molecule has 0 unspecified atom stereocenters. The molecule has 0 radical (unpaired) electrons. The van der Waals surface area contributed by atoms with Crippen LogP contribution in [0.4, 0.5) is 11.9 Å². The zero-order valence-corrected chi connectivity index (χ0v) is 8.90. The van der Waals surface area contributed by atoms with Crippen molar-refractivity contribution in [3.05, 3.63) is 0 Å². The fraction of sp³-hybridized carbons (Fsp3) is 0.625. The summed E-state index contributed by atoms with van der Waals surface area (Å²) in [7, 11) is 5.26. The molecule has 1 aromatic heterocycles. The van der Waals surface area contributed by atoms with Crippen LogP contribution >= 0.6 is 0 Å². The fourth-order valence-corrected chi connectivity index (χ4v) is 0.874. The normalized spacial score (nSPS) is 9.71. The molecule has 6 nitrogen and oxygen atoms in total. The number of nitrogens with one attached hydrogen (secondary N) is 1. The van der Waals surface area contributed by atoms with Crippen LogP contribution in [-0.4, -0.2) is 42.7 Å². The molecule has 78 valence electrons. The van der Waals surface area contributed by atoms with E-state index in [0.29, 0.717) is 17.9 Å². The molecule has 0 bridgehead atoms. The van der Waals surface area contributed by atoms with Crippen molar-refractivity contribution >= 4 is 11.9 Å². The maximum absolute atomic E-state index is 4.96. The Bertz CT molecular complexity index is 302. The molecule has 0 aliphatic heterocycles. The van der Waals surface area contributed by atoms with Crippen molar-refractivity contribution in [2.24, 2.45) is 0 Å². The molecule has 0 fully saturated rings. The van der Waals surface area contributed by atoms with Gasteiger partial charge in [0.05, 0.1) is 7.11 Å². The Labute approximate surface area is 83.3 Å². The van der Waals surface area contributed by atoms with Crippen molar-refractivity contribution in [1.82, 2.24) is 15.0 Å². The molecular formula is C8H15N5O. The standard InChI is InChI=1S/C8H15N5O/c1-5-9-6-10-7(13(2)3)12-8(11-6)14-4/h5H2,1-4H3,(H,9,10,11,12). The third-order valence-corrected chi connectivity index (χ3v) is 1.52. The van der Waals surface area contributed by atoms with E-state index in [1.807, 2.05) is 21.0 Å². The molecule has 1 heterocycles. The molecule has 0 atom stereocenters. The highest BCUT2D eigenvalue weighted by Gasteiger charge is 2.06. The van der Waals surface area contributed by atoms with Gasteiger partial charge < -0.3 is 15.0 Å². The van der Waals surface area contributed by atoms with E-state index in [0.717, 1.165) is 6.54 Å². The molecule has 0 aliphatic carbocycles. The van der Waals surface area contributed by atoms with E-state index in [9.17, 15) is 0 Å². The van der Waals surface area contributed by atoms with Crippen LogP contribution in [0.2, 0.25) is 0 Å². The second-order valence-corrected chi connectivity index (χ2v) is 2.87. The first-order valence-corrected chi connectivity index (χ1v) is 4.38. The fourth-order valence-electron chi connectivity index (χ4n) is 0.874. The maximum Gasteiger partial charge on any atom is 0.322 e. The SMILES string of the molecule is CCNc1nc(OC)nc(N(C)C)n1. The Morgan fingerprint density at radius 1 is 1.29 bits per heavy atom. The van der Waals surface area contributed by atoms with E-state index in [1.54, 1.807) is 4.90 Å². The summed E-state index contributed by atoms with van der Waals surface area (Å²) in [5, 5.41) is 3.01. The summed E-state index contributed by atoms with van der Waals surface area (Å²) in [6.45, 7) is 2.74. The summed E-state index contributed by atoms with van der Waals surface area (Å²) < 4.78 is 4.96. The van der Waals surface area contributed by atoms with Gasteiger partial charge in [-0.15, -0.1) is 0 Å². The van der Waals surface area contributed by atoms with Gasteiger partial charge in [0.2, 0.25) is 11.9 Å². The van der Waals surface area contributed by atoms with Gasteiger partial charge in [0.25, 0.3) is 0 Å². The van der Waals surface area contributed by atoms with E-state index >= 15 is 0 Å². The highest BCUT2D eigenvalue weighted by atomic mass is 16.5. The van der Waals surface area contributed by atoms with Crippen molar-refractivity contribution in [1.29, 1.82) is 0 Å². The predicted molar refractivity (Wildman–Crippen MR) is 54.9 cm³/mol. The number of nitrogens with zero attached hydrogens (tertiary/aromatic N) is 4. The average molecular weight is 197 g/mol. The number of hydrogen-bond donors (Lipinski definition) is 1. The highest BCUT2D eigenvalue weighted by molar-refractivity contribution is 5.36. The van der Waals surface area contributed by atoms with E-state index in [1.165, 1.54) is 7.11 Å². The molecule has 14 heavy (non-hydrogen) atoms. The van der Waals surface area contributed by atoms with Crippen LogP contribution in [0.25, 0.3) is 0 Å². The van der Waals surface area contributed by atoms with Crippen molar-refractivity contribution < 1.29 is 4.74 Å². The van der Waals surface area contributed by atoms with Crippen molar-refractivity contribution in [3.63, 3.8) is 0 Å². The lowest BCUT2D eigenvalue weighted by molar-refractivity contribution is 0.379. The van der Waals surface area contributed by atoms with Gasteiger partial charge in [0, 0.05) is 20.6 Å². The van der Waals surface area contributed by atoms with Crippen molar-refractivity contribution in [3.8, 4) is 6.01 Å². The summed E-state index contributed by atoms with van der Waals surface area (Å²) in [6.07, 6.45) is 0. The van der Waals surface area contributed by atoms with Crippen LogP contribution in [0.1, 0.15) is 6.92 Å². The predicted octanol–water partition coefficient (Wildman–Crippen LogP) is 0.378. The van der Waals surface area contributed by atoms with Gasteiger partial charge in [-0.25, -0.2) is 0 Å². The Kier molecular flexibility index (Phi) is 3.44. The molecule has 6 heteroatoms. The Balaban J connectivity index is 3.00. The zero-order chi connectivity index (χ0) is 10.6. The molecule has 0 amide bonds. The summed E-state index contributed by atoms with van der Waals surface area (Å²) in [6, 6.07) is 0.319. The molecule has 1 aromatic rings. The van der Waals surface area contributed by atoms with Crippen LogP contribution in [0.15, 0.2) is 0 Å². The van der Waals surface area contributed by atoms with Gasteiger partial charge in [-0.1, -0.05) is 0 Å². The van der Waals surface area contributed by atoms with E-state index in [-0.39, 0.29) is 0 Å². The number of anilines is 2. The van der Waals surface area contributed by atoms with Crippen molar-refractivity contribution in [2.75, 3.05) is 38.0 Å². The summed E-state index contributed by atoms with van der Waals surface area (Å²) in [5.41, 5.74) is 0. The number of ether oxygens (including phenoxy) is 1. The van der Waals surface area contributed by atoms with Crippen molar-refractivity contribution in [2.45, 2.75) is 6.92 Å². The third-order valence-electron chi connectivity index (χ3n) is 1.52. The average Bonchev–Trinajstić information content (AvgIpc) is 2.17. The van der Waals surface area contributed by atoms with Gasteiger partial charge in [0.15, 0.2) is 0 Å². The van der Waals surface area contributed by atoms with Gasteiger partial charge in [0.1, 0.15) is 0 Å². The van der Waals surface area contributed by atoms with Crippen LogP contribution < -0.4 is 15.0 Å². The lowest BCUT2D eigenvalue weighted by atomic mass is 10.7. The smallest absolute Gasteiger partial charge is 0.322 e. The molecule has 0 aromatic carbocycles. The lowest BCUT2D eigenvalue weighted by Crippen LogP contribution is -2.15. The first kappa shape index (κ1) is 10.5. The highest BCUT2D eigenvalue weighted by Crippen LogP contribution is 2.11. The van der Waals surface area contributed by atoms with Crippen LogP contribution in [-0.2, 0) is 0 Å². The zero-order valence-electron chi connectivity index (χ0n) is 8.90. The minimum Gasteiger partial charge on any atom is -0.467 e. The largest absolute Gasteiger partial charge is 0.467 e. The first-order valence-electron chi connectivity index (χ1n) is 4.38. The monoisotopic (exact) mass is 197 g/mol. The second-order valence-electron chi connectivity index (χ2n) is 2.87. The molecule has 1 rings (SSSR count). The molecular weight excluding hydrogens is 182 g/mol. The maximum atomic E-state index is 4.96. The summed E-state index contributed by atoms with van der Waals surface area (Å²) >= 11 is 0. The van der Waals surface area contributed by atoms with Gasteiger partial charge in [-0.2, -0.15) is 15.0 Å².